The zero-order valence-electron chi connectivity index (χ0n) is 16.4. The lowest BCUT2D eigenvalue weighted by molar-refractivity contribution is -0.134. The third-order valence-corrected chi connectivity index (χ3v) is 7.00. The van der Waals surface area contributed by atoms with Gasteiger partial charge in [0.05, 0.1) is 5.69 Å². The first kappa shape index (κ1) is 20.3. The van der Waals surface area contributed by atoms with Crippen molar-refractivity contribution in [3.05, 3.63) is 59.1 Å². The number of benzene rings is 2. The quantitative estimate of drug-likeness (QED) is 0.711. The minimum atomic E-state index is -0.0249. The molecule has 0 N–H and O–H groups in total. The number of carbonyl (C=O) groups excluding carboxylic acids is 2. The number of fused-ring (bicyclic) bond motifs is 1. The second-order valence-electron chi connectivity index (χ2n) is 7.59. The molecular formula is C23H25ClN2O2S. The molecule has 1 saturated heterocycles. The minimum Gasteiger partial charge on any atom is -0.343 e. The Morgan fingerprint density at radius 2 is 1.79 bits per heavy atom. The number of anilines is 1. The molecule has 4 nitrogen and oxygen atoms in total. The number of likely N-dealkylation sites (tertiary alicyclic amines) is 1. The van der Waals surface area contributed by atoms with Crippen molar-refractivity contribution in [3.8, 4) is 0 Å². The monoisotopic (exact) mass is 428 g/mol. The van der Waals surface area contributed by atoms with Gasteiger partial charge in [0, 0.05) is 47.6 Å². The zero-order chi connectivity index (χ0) is 20.2. The number of thioether (sulfide) groups is 1. The molecule has 6 heteroatoms. The Labute approximate surface area is 181 Å². The number of carbonyl (C=O) groups is 2. The van der Waals surface area contributed by atoms with Crippen LogP contribution >= 0.6 is 23.4 Å². The van der Waals surface area contributed by atoms with E-state index in [2.05, 4.69) is 12.1 Å². The van der Waals surface area contributed by atoms with Gasteiger partial charge in [0.1, 0.15) is 0 Å². The van der Waals surface area contributed by atoms with Gasteiger partial charge in [0.2, 0.25) is 11.8 Å². The van der Waals surface area contributed by atoms with Gasteiger partial charge in [-0.05, 0) is 43.0 Å². The van der Waals surface area contributed by atoms with E-state index in [1.54, 1.807) is 11.8 Å². The van der Waals surface area contributed by atoms with Crippen molar-refractivity contribution in [2.75, 3.05) is 30.3 Å². The lowest BCUT2D eigenvalue weighted by atomic mass is 9.94. The Hall–Kier alpha value is -1.98. The second-order valence-corrected chi connectivity index (χ2v) is 9.16. The molecule has 0 radical (unpaired) electrons. The first-order valence-corrected chi connectivity index (χ1v) is 11.5. The average Bonchev–Trinajstić information content (AvgIpc) is 2.77. The van der Waals surface area contributed by atoms with Crippen LogP contribution in [0.25, 0.3) is 0 Å². The molecule has 2 amide bonds. The van der Waals surface area contributed by atoms with Crippen molar-refractivity contribution in [1.29, 1.82) is 0 Å². The number of hydrogen-bond acceptors (Lipinski definition) is 3. The second kappa shape index (κ2) is 9.23. The van der Waals surface area contributed by atoms with Crippen LogP contribution in [0.5, 0.6) is 0 Å². The molecule has 0 spiro atoms. The van der Waals surface area contributed by atoms with E-state index >= 15 is 0 Å². The molecule has 2 aromatic rings. The van der Waals surface area contributed by atoms with E-state index in [9.17, 15) is 9.59 Å². The molecule has 4 rings (SSSR count). The maximum atomic E-state index is 13.2. The summed E-state index contributed by atoms with van der Waals surface area (Å²) in [6.07, 6.45) is 2.75. The molecule has 2 aliphatic heterocycles. The summed E-state index contributed by atoms with van der Waals surface area (Å²) in [4.78, 5) is 30.7. The average molecular weight is 429 g/mol. The van der Waals surface area contributed by atoms with Gasteiger partial charge in [-0.3, -0.25) is 9.59 Å². The summed E-state index contributed by atoms with van der Waals surface area (Å²) in [5.74, 6) is 1.23. The van der Waals surface area contributed by atoms with Crippen molar-refractivity contribution in [2.45, 2.75) is 30.6 Å². The van der Waals surface area contributed by atoms with Crippen LogP contribution < -0.4 is 4.90 Å². The van der Waals surface area contributed by atoms with Gasteiger partial charge in [-0.2, -0.15) is 0 Å². The van der Waals surface area contributed by atoms with Crippen molar-refractivity contribution in [1.82, 2.24) is 4.90 Å². The highest BCUT2D eigenvalue weighted by Gasteiger charge is 2.32. The van der Waals surface area contributed by atoms with Crippen LogP contribution in [-0.4, -0.2) is 42.1 Å². The van der Waals surface area contributed by atoms with E-state index in [0.717, 1.165) is 35.6 Å². The van der Waals surface area contributed by atoms with Gasteiger partial charge in [-0.15, -0.1) is 11.8 Å². The molecule has 0 atom stereocenters. The fraction of sp³-hybridized carbons (Fsp3) is 0.391. The van der Waals surface area contributed by atoms with Crippen LogP contribution in [0, 0.1) is 5.92 Å². The fourth-order valence-electron chi connectivity index (χ4n) is 4.07. The summed E-state index contributed by atoms with van der Waals surface area (Å²) in [5, 5.41) is 0.655. The molecule has 0 bridgehead atoms. The molecule has 0 saturated carbocycles. The number of amides is 2. The minimum absolute atomic E-state index is 0.0249. The standard InChI is InChI=1S/C23H25ClN2O2S/c24-19-7-8-21-20(16-19)26(14-15-29-21)23(28)18-10-12-25(13-11-18)22(27)9-6-17-4-2-1-3-5-17/h1-5,7-8,16,18H,6,9-15H2. The maximum Gasteiger partial charge on any atom is 0.230 e. The molecule has 152 valence electrons. The first-order valence-electron chi connectivity index (χ1n) is 10.2. The Bertz CT molecular complexity index is 882. The predicted molar refractivity (Wildman–Crippen MR) is 119 cm³/mol. The van der Waals surface area contributed by atoms with Gasteiger partial charge in [-0.1, -0.05) is 41.9 Å². The van der Waals surface area contributed by atoms with Gasteiger partial charge in [-0.25, -0.2) is 0 Å². The fourth-order valence-corrected chi connectivity index (χ4v) is 5.21. The Morgan fingerprint density at radius 3 is 2.55 bits per heavy atom. The zero-order valence-corrected chi connectivity index (χ0v) is 17.9. The van der Waals surface area contributed by atoms with E-state index < -0.39 is 0 Å². The molecule has 29 heavy (non-hydrogen) atoms. The normalized spacial score (nSPS) is 17.1. The summed E-state index contributed by atoms with van der Waals surface area (Å²) in [7, 11) is 0. The molecule has 0 unspecified atom stereocenters. The summed E-state index contributed by atoms with van der Waals surface area (Å²) in [6, 6.07) is 15.9. The van der Waals surface area contributed by atoms with Crippen molar-refractivity contribution < 1.29 is 9.59 Å². The topological polar surface area (TPSA) is 40.6 Å². The predicted octanol–water partition coefficient (Wildman–Crippen LogP) is 4.65. The van der Waals surface area contributed by atoms with Gasteiger partial charge >= 0.3 is 0 Å². The van der Waals surface area contributed by atoms with Gasteiger partial charge < -0.3 is 9.80 Å². The number of rotatable bonds is 4. The van der Waals surface area contributed by atoms with Crippen LogP contribution in [-0.2, 0) is 16.0 Å². The highest BCUT2D eigenvalue weighted by atomic mass is 35.5. The Morgan fingerprint density at radius 1 is 1.03 bits per heavy atom. The van der Waals surface area contributed by atoms with Crippen LogP contribution in [0.3, 0.4) is 0 Å². The number of nitrogens with zero attached hydrogens (tertiary/aromatic N) is 2. The summed E-state index contributed by atoms with van der Waals surface area (Å²) >= 11 is 7.94. The lowest BCUT2D eigenvalue weighted by Gasteiger charge is -2.36. The van der Waals surface area contributed by atoms with Crippen LogP contribution in [0.15, 0.2) is 53.4 Å². The first-order chi connectivity index (χ1) is 14.1. The highest BCUT2D eigenvalue weighted by Crippen LogP contribution is 2.38. The Balaban J connectivity index is 1.32. The largest absolute Gasteiger partial charge is 0.343 e. The SMILES string of the molecule is O=C(CCc1ccccc1)N1CCC(C(=O)N2CCSc3ccc(Cl)cc32)CC1. The Kier molecular flexibility index (Phi) is 6.46. The van der Waals surface area contributed by atoms with E-state index in [-0.39, 0.29) is 17.7 Å². The molecule has 0 aromatic heterocycles. The smallest absolute Gasteiger partial charge is 0.230 e. The number of hydrogen-bond donors (Lipinski definition) is 0. The third kappa shape index (κ3) is 4.78. The van der Waals surface area contributed by atoms with E-state index in [1.807, 2.05) is 46.2 Å². The van der Waals surface area contributed by atoms with E-state index in [0.29, 0.717) is 31.1 Å². The molecule has 2 heterocycles. The summed E-state index contributed by atoms with van der Waals surface area (Å²) < 4.78 is 0. The number of halogens is 1. The van der Waals surface area contributed by atoms with Gasteiger partial charge in [0.25, 0.3) is 0 Å². The molecule has 1 fully saturated rings. The van der Waals surface area contributed by atoms with Crippen LogP contribution in [0.1, 0.15) is 24.8 Å². The lowest BCUT2D eigenvalue weighted by Crippen LogP contribution is -2.45. The molecule has 0 aliphatic carbocycles. The molecule has 2 aromatic carbocycles. The molecular weight excluding hydrogens is 404 g/mol. The molecule has 2 aliphatic rings. The van der Waals surface area contributed by atoms with Gasteiger partial charge in [0.15, 0.2) is 0 Å². The maximum absolute atomic E-state index is 13.2. The highest BCUT2D eigenvalue weighted by molar-refractivity contribution is 7.99. The van der Waals surface area contributed by atoms with Crippen molar-refractivity contribution >= 4 is 40.9 Å². The summed E-state index contributed by atoms with van der Waals surface area (Å²) in [5.41, 5.74) is 2.12. The number of piperidine rings is 1. The van der Waals surface area contributed by atoms with E-state index in [1.165, 1.54) is 5.56 Å². The van der Waals surface area contributed by atoms with Crippen LogP contribution in [0.4, 0.5) is 5.69 Å². The van der Waals surface area contributed by atoms with Crippen molar-refractivity contribution in [2.24, 2.45) is 5.92 Å². The summed E-state index contributed by atoms with van der Waals surface area (Å²) in [6.45, 7) is 2.04. The van der Waals surface area contributed by atoms with E-state index in [4.69, 9.17) is 11.6 Å². The third-order valence-electron chi connectivity index (χ3n) is 5.72. The van der Waals surface area contributed by atoms with Crippen molar-refractivity contribution in [3.63, 3.8) is 0 Å². The number of aryl methyl sites for hydroxylation is 1. The van der Waals surface area contributed by atoms with Crippen LogP contribution in [0.2, 0.25) is 5.02 Å².